The summed E-state index contributed by atoms with van der Waals surface area (Å²) in [6, 6.07) is 11.6. The summed E-state index contributed by atoms with van der Waals surface area (Å²) in [4.78, 5) is 29.6. The number of anilines is 2. The van der Waals surface area contributed by atoms with Crippen molar-refractivity contribution in [2.75, 3.05) is 10.2 Å². The highest BCUT2D eigenvalue weighted by Crippen LogP contribution is 2.30. The van der Waals surface area contributed by atoms with Gasteiger partial charge in [0.2, 0.25) is 5.91 Å². The van der Waals surface area contributed by atoms with E-state index in [4.69, 9.17) is 35.4 Å². The van der Waals surface area contributed by atoms with Crippen molar-refractivity contribution in [3.63, 3.8) is 0 Å². The molecule has 1 atom stereocenters. The third kappa shape index (κ3) is 5.05. The molecule has 2 aromatic carbocycles. The number of nitrogens with one attached hydrogen (secondary N) is 1. The lowest BCUT2D eigenvalue weighted by Crippen LogP contribution is -2.47. The van der Waals surface area contributed by atoms with Crippen LogP contribution in [0.3, 0.4) is 0 Å². The molecule has 0 unspecified atom stereocenters. The summed E-state index contributed by atoms with van der Waals surface area (Å²) >= 11 is 18.0. The minimum absolute atomic E-state index is 0.00826. The zero-order valence-electron chi connectivity index (χ0n) is 19.8. The van der Waals surface area contributed by atoms with Crippen LogP contribution >= 0.6 is 35.4 Å². The lowest BCUT2D eigenvalue weighted by molar-refractivity contribution is -0.122. The Morgan fingerprint density at radius 2 is 1.89 bits per heavy atom. The van der Waals surface area contributed by atoms with E-state index < -0.39 is 6.04 Å². The van der Waals surface area contributed by atoms with Gasteiger partial charge in [-0.3, -0.25) is 14.3 Å². The first kappa shape index (κ1) is 25.2. The summed E-state index contributed by atoms with van der Waals surface area (Å²) in [5, 5.41) is 8.75. The maximum absolute atomic E-state index is 13.6. The number of carbonyl (C=O) groups is 2. The molecule has 182 valence electrons. The lowest BCUT2D eigenvalue weighted by atomic mass is 10.1. The summed E-state index contributed by atoms with van der Waals surface area (Å²) < 4.78 is 1.79. The number of aryl methyl sites for hydroxylation is 3. The van der Waals surface area contributed by atoms with Crippen LogP contribution in [0.2, 0.25) is 10.0 Å². The van der Waals surface area contributed by atoms with Crippen LogP contribution in [0.25, 0.3) is 0 Å². The van der Waals surface area contributed by atoms with Crippen molar-refractivity contribution in [1.82, 2.24) is 14.7 Å². The van der Waals surface area contributed by atoms with Gasteiger partial charge in [0.25, 0.3) is 5.91 Å². The first-order chi connectivity index (χ1) is 16.6. The van der Waals surface area contributed by atoms with Crippen molar-refractivity contribution in [2.45, 2.75) is 39.8 Å². The van der Waals surface area contributed by atoms with Crippen LogP contribution in [0.15, 0.2) is 42.5 Å². The maximum atomic E-state index is 13.6. The van der Waals surface area contributed by atoms with Crippen LogP contribution < -0.4 is 10.2 Å². The van der Waals surface area contributed by atoms with E-state index in [9.17, 15) is 9.59 Å². The maximum Gasteiger partial charge on any atom is 0.257 e. The van der Waals surface area contributed by atoms with E-state index in [0.29, 0.717) is 33.1 Å². The number of nitrogens with zero attached hydrogens (tertiary/aromatic N) is 4. The number of imide groups is 1. The van der Waals surface area contributed by atoms with E-state index >= 15 is 0 Å². The van der Waals surface area contributed by atoms with E-state index in [2.05, 4.69) is 10.4 Å². The molecule has 2 amide bonds. The van der Waals surface area contributed by atoms with Gasteiger partial charge in [-0.25, -0.2) is 4.90 Å². The van der Waals surface area contributed by atoms with Gasteiger partial charge in [-0.05, 0) is 68.9 Å². The molecule has 3 aromatic rings. The predicted octanol–water partition coefficient (Wildman–Crippen LogP) is 5.18. The number of rotatable bonds is 5. The third-order valence-corrected chi connectivity index (χ3v) is 7.25. The molecule has 1 fully saturated rings. The lowest BCUT2D eigenvalue weighted by Gasteiger charge is -2.30. The van der Waals surface area contributed by atoms with Crippen LogP contribution in [0.4, 0.5) is 11.4 Å². The average molecular weight is 530 g/mol. The fourth-order valence-corrected chi connectivity index (χ4v) is 4.81. The van der Waals surface area contributed by atoms with Crippen molar-refractivity contribution in [3.05, 3.63) is 75.0 Å². The molecular weight excluding hydrogens is 505 g/mol. The average Bonchev–Trinajstić information content (AvgIpc) is 3.22. The first-order valence-electron chi connectivity index (χ1n) is 11.0. The summed E-state index contributed by atoms with van der Waals surface area (Å²) in [6.07, 6.45) is 0.00826. The molecule has 1 aliphatic heterocycles. The Balaban J connectivity index is 1.69. The highest BCUT2D eigenvalue weighted by atomic mass is 35.5. The van der Waals surface area contributed by atoms with Gasteiger partial charge in [-0.15, -0.1) is 0 Å². The van der Waals surface area contributed by atoms with Crippen LogP contribution in [0, 0.1) is 20.8 Å². The number of hydrogen-bond acceptors (Lipinski definition) is 4. The minimum Gasteiger partial charge on any atom is -0.333 e. The second-order valence-corrected chi connectivity index (χ2v) is 9.79. The molecule has 10 heteroatoms. The summed E-state index contributed by atoms with van der Waals surface area (Å²) in [6.45, 7) is 6.10. The molecule has 2 heterocycles. The number of thiocarbonyl (C=S) groups is 1. The predicted molar refractivity (Wildman–Crippen MR) is 143 cm³/mol. The molecule has 1 aliphatic rings. The summed E-state index contributed by atoms with van der Waals surface area (Å²) in [5.74, 6) is -0.592. The second-order valence-electron chi connectivity index (χ2n) is 8.59. The SMILES string of the molecule is Cc1cccc(N2C(=O)C[C@H](N(Cc3c(C)nn(C)c3C)C(=S)Nc3ccc(Cl)c(Cl)c3)C2=O)c1. The summed E-state index contributed by atoms with van der Waals surface area (Å²) in [7, 11) is 1.87. The normalized spacial score (nSPS) is 15.6. The van der Waals surface area contributed by atoms with Gasteiger partial charge in [0, 0.05) is 30.5 Å². The van der Waals surface area contributed by atoms with Crippen molar-refractivity contribution >= 4 is 63.7 Å². The van der Waals surface area contributed by atoms with Gasteiger partial charge < -0.3 is 10.2 Å². The molecule has 0 bridgehead atoms. The molecular formula is C25H25Cl2N5O2S. The molecule has 0 radical (unpaired) electrons. The van der Waals surface area contributed by atoms with Gasteiger partial charge in [0.15, 0.2) is 5.11 Å². The van der Waals surface area contributed by atoms with Crippen molar-refractivity contribution in [2.24, 2.45) is 7.05 Å². The zero-order chi connectivity index (χ0) is 25.4. The Hall–Kier alpha value is -2.94. The quantitative estimate of drug-likeness (QED) is 0.362. The Morgan fingerprint density at radius 1 is 1.14 bits per heavy atom. The highest BCUT2D eigenvalue weighted by Gasteiger charge is 2.44. The highest BCUT2D eigenvalue weighted by molar-refractivity contribution is 7.80. The van der Waals surface area contributed by atoms with Crippen LogP contribution in [-0.2, 0) is 23.2 Å². The standard InChI is InChI=1S/C25H25Cl2N5O2S/c1-14-6-5-7-18(10-14)32-23(33)12-22(24(32)34)31(13-19-15(2)29-30(4)16(19)3)25(35)28-17-8-9-20(26)21(27)11-17/h5-11,22H,12-13H2,1-4H3,(H,28,35)/t22-/m0/s1. The van der Waals surface area contributed by atoms with Crippen molar-refractivity contribution in [1.29, 1.82) is 0 Å². The molecule has 0 spiro atoms. The topological polar surface area (TPSA) is 70.5 Å². The first-order valence-corrected chi connectivity index (χ1v) is 12.2. The largest absolute Gasteiger partial charge is 0.333 e. The number of benzene rings is 2. The molecule has 1 saturated heterocycles. The fraction of sp³-hybridized carbons (Fsp3) is 0.280. The Kier molecular flexibility index (Phi) is 7.17. The number of halogens is 2. The number of carbonyl (C=O) groups excluding carboxylic acids is 2. The van der Waals surface area contributed by atoms with Gasteiger partial charge in [-0.1, -0.05) is 35.3 Å². The molecule has 0 aliphatic carbocycles. The van der Waals surface area contributed by atoms with Crippen LogP contribution in [-0.4, -0.2) is 37.6 Å². The van der Waals surface area contributed by atoms with Crippen molar-refractivity contribution < 1.29 is 9.59 Å². The zero-order valence-corrected chi connectivity index (χ0v) is 22.1. The van der Waals surface area contributed by atoms with Gasteiger partial charge >= 0.3 is 0 Å². The van der Waals surface area contributed by atoms with Gasteiger partial charge in [0.05, 0.1) is 27.8 Å². The van der Waals surface area contributed by atoms with E-state index in [0.717, 1.165) is 22.5 Å². The van der Waals surface area contributed by atoms with Crippen LogP contribution in [0.1, 0.15) is 28.9 Å². The van der Waals surface area contributed by atoms with E-state index in [1.165, 1.54) is 4.90 Å². The fourth-order valence-electron chi connectivity index (χ4n) is 4.21. The second kappa shape index (κ2) is 9.97. The molecule has 1 aromatic heterocycles. The number of hydrogen-bond donors (Lipinski definition) is 1. The monoisotopic (exact) mass is 529 g/mol. The number of aromatic nitrogens is 2. The molecule has 4 rings (SSSR count). The Bertz CT molecular complexity index is 1340. The molecule has 1 N–H and O–H groups in total. The van der Waals surface area contributed by atoms with E-state index in [1.807, 2.05) is 46.0 Å². The van der Waals surface area contributed by atoms with E-state index in [1.54, 1.807) is 33.8 Å². The van der Waals surface area contributed by atoms with Crippen molar-refractivity contribution in [3.8, 4) is 0 Å². The minimum atomic E-state index is -0.773. The molecule has 35 heavy (non-hydrogen) atoms. The third-order valence-electron chi connectivity index (χ3n) is 6.18. The molecule has 7 nitrogen and oxygen atoms in total. The van der Waals surface area contributed by atoms with Gasteiger partial charge in [0.1, 0.15) is 6.04 Å². The Morgan fingerprint density at radius 3 is 2.51 bits per heavy atom. The summed E-state index contributed by atoms with van der Waals surface area (Å²) in [5.41, 5.74) is 4.87. The smallest absolute Gasteiger partial charge is 0.257 e. The van der Waals surface area contributed by atoms with E-state index in [-0.39, 0.29) is 18.2 Å². The Labute approximate surface area is 219 Å². The molecule has 0 saturated carbocycles. The van der Waals surface area contributed by atoms with Crippen LogP contribution in [0.5, 0.6) is 0 Å². The van der Waals surface area contributed by atoms with Gasteiger partial charge in [-0.2, -0.15) is 5.10 Å². The number of amides is 2.